The first-order valence-electron chi connectivity index (χ1n) is 3.27. The number of aromatic nitrogens is 3. The number of hydrogen-bond donors (Lipinski definition) is 1. The minimum atomic E-state index is 0.256. The number of hydrogen-bond acceptors (Lipinski definition) is 4. The molecule has 0 saturated carbocycles. The van der Waals surface area contributed by atoms with Crippen LogP contribution < -0.4 is 5.73 Å². The smallest absolute Gasteiger partial charge is 0.240 e. The third kappa shape index (κ3) is 1.65. The van der Waals surface area contributed by atoms with Crippen LogP contribution in [0.15, 0.2) is 6.20 Å². The average molecular weight is 138 g/mol. The van der Waals surface area contributed by atoms with Crippen LogP contribution in [0.25, 0.3) is 0 Å². The highest BCUT2D eigenvalue weighted by atomic mass is 15.2. The summed E-state index contributed by atoms with van der Waals surface area (Å²) in [5, 5.41) is 7.20. The van der Waals surface area contributed by atoms with Crippen LogP contribution in [0.2, 0.25) is 0 Å². The molecule has 1 aromatic heterocycles. The van der Waals surface area contributed by atoms with Gasteiger partial charge in [0, 0.05) is 0 Å². The molecule has 0 aliphatic rings. The Morgan fingerprint density at radius 2 is 2.40 bits per heavy atom. The van der Waals surface area contributed by atoms with E-state index in [1.807, 2.05) is 0 Å². The molecular weight excluding hydrogens is 128 g/mol. The van der Waals surface area contributed by atoms with Crippen molar-refractivity contribution in [2.24, 2.45) is 0 Å². The minimum Gasteiger partial charge on any atom is -0.366 e. The number of anilines is 1. The van der Waals surface area contributed by atoms with Gasteiger partial charge in [-0.1, -0.05) is 13.3 Å². The maximum atomic E-state index is 5.30. The van der Waals surface area contributed by atoms with E-state index in [1.165, 1.54) is 0 Å². The maximum Gasteiger partial charge on any atom is 0.240 e. The van der Waals surface area contributed by atoms with Gasteiger partial charge in [0.05, 0.1) is 11.9 Å². The SMILES string of the molecule is CCCc1cnnc(N)n1. The Kier molecular flexibility index (Phi) is 2.15. The summed E-state index contributed by atoms with van der Waals surface area (Å²) in [6.45, 7) is 2.08. The van der Waals surface area contributed by atoms with Crippen molar-refractivity contribution in [2.75, 3.05) is 5.73 Å². The van der Waals surface area contributed by atoms with Crippen LogP contribution in [0.4, 0.5) is 5.95 Å². The van der Waals surface area contributed by atoms with Crippen molar-refractivity contribution in [3.05, 3.63) is 11.9 Å². The molecule has 0 aliphatic carbocycles. The first kappa shape index (κ1) is 6.92. The molecule has 0 radical (unpaired) electrons. The number of nitrogen functional groups attached to an aromatic ring is 1. The van der Waals surface area contributed by atoms with E-state index >= 15 is 0 Å². The molecule has 1 rings (SSSR count). The van der Waals surface area contributed by atoms with Gasteiger partial charge < -0.3 is 5.73 Å². The lowest BCUT2D eigenvalue weighted by atomic mass is 10.3. The van der Waals surface area contributed by atoms with Crippen LogP contribution in [0.1, 0.15) is 19.0 Å². The second-order valence-electron chi connectivity index (χ2n) is 2.06. The summed E-state index contributed by atoms with van der Waals surface area (Å²) in [4.78, 5) is 3.97. The van der Waals surface area contributed by atoms with Crippen LogP contribution in [0.3, 0.4) is 0 Å². The molecule has 4 nitrogen and oxygen atoms in total. The van der Waals surface area contributed by atoms with E-state index in [9.17, 15) is 0 Å². The Bertz CT molecular complexity index is 211. The van der Waals surface area contributed by atoms with Gasteiger partial charge in [0.2, 0.25) is 5.95 Å². The number of aryl methyl sites for hydroxylation is 1. The average Bonchev–Trinajstić information content (AvgIpc) is 1.88. The molecule has 0 spiro atoms. The Morgan fingerprint density at radius 3 is 3.00 bits per heavy atom. The predicted molar refractivity (Wildman–Crippen MR) is 38.2 cm³/mol. The normalized spacial score (nSPS) is 9.70. The fraction of sp³-hybridized carbons (Fsp3) is 0.500. The first-order chi connectivity index (χ1) is 4.83. The Hall–Kier alpha value is -1.19. The van der Waals surface area contributed by atoms with Crippen LogP contribution >= 0.6 is 0 Å². The third-order valence-electron chi connectivity index (χ3n) is 1.13. The molecule has 0 aromatic carbocycles. The maximum absolute atomic E-state index is 5.30. The summed E-state index contributed by atoms with van der Waals surface area (Å²) < 4.78 is 0. The second kappa shape index (κ2) is 3.10. The lowest BCUT2D eigenvalue weighted by Crippen LogP contribution is -2.00. The van der Waals surface area contributed by atoms with Gasteiger partial charge in [0.15, 0.2) is 0 Å². The summed E-state index contributed by atoms with van der Waals surface area (Å²) in [6, 6.07) is 0. The van der Waals surface area contributed by atoms with E-state index in [-0.39, 0.29) is 5.95 Å². The number of rotatable bonds is 2. The topological polar surface area (TPSA) is 64.7 Å². The quantitative estimate of drug-likeness (QED) is 0.642. The molecule has 1 aromatic rings. The van der Waals surface area contributed by atoms with Crippen molar-refractivity contribution in [3.8, 4) is 0 Å². The van der Waals surface area contributed by atoms with Gasteiger partial charge in [0.1, 0.15) is 0 Å². The van der Waals surface area contributed by atoms with Gasteiger partial charge in [-0.05, 0) is 6.42 Å². The lowest BCUT2D eigenvalue weighted by Gasteiger charge is -1.94. The van der Waals surface area contributed by atoms with Crippen molar-refractivity contribution >= 4 is 5.95 Å². The van der Waals surface area contributed by atoms with Gasteiger partial charge in [-0.15, -0.1) is 5.10 Å². The molecule has 10 heavy (non-hydrogen) atoms. The van der Waals surface area contributed by atoms with E-state index in [2.05, 4.69) is 22.1 Å². The third-order valence-corrected chi connectivity index (χ3v) is 1.13. The standard InChI is InChI=1S/C6H10N4/c1-2-3-5-4-8-10-6(7)9-5/h4H,2-3H2,1H3,(H2,7,9,10). The number of nitrogens with two attached hydrogens (primary N) is 1. The molecule has 4 heteroatoms. The van der Waals surface area contributed by atoms with E-state index < -0.39 is 0 Å². The van der Waals surface area contributed by atoms with E-state index in [0.717, 1.165) is 18.5 Å². The Labute approximate surface area is 59.5 Å². The van der Waals surface area contributed by atoms with Crippen molar-refractivity contribution < 1.29 is 0 Å². The Morgan fingerprint density at radius 1 is 1.60 bits per heavy atom. The van der Waals surface area contributed by atoms with Gasteiger partial charge in [-0.25, -0.2) is 4.98 Å². The molecule has 0 amide bonds. The minimum absolute atomic E-state index is 0.256. The van der Waals surface area contributed by atoms with Gasteiger partial charge >= 0.3 is 0 Å². The highest BCUT2D eigenvalue weighted by Gasteiger charge is 1.93. The summed E-state index contributed by atoms with van der Waals surface area (Å²) in [7, 11) is 0. The fourth-order valence-corrected chi connectivity index (χ4v) is 0.730. The molecule has 1 heterocycles. The van der Waals surface area contributed by atoms with Crippen molar-refractivity contribution in [1.82, 2.24) is 15.2 Å². The molecule has 0 unspecified atom stereocenters. The first-order valence-corrected chi connectivity index (χ1v) is 3.27. The lowest BCUT2D eigenvalue weighted by molar-refractivity contribution is 0.843. The molecule has 0 saturated heterocycles. The van der Waals surface area contributed by atoms with Gasteiger partial charge in [-0.3, -0.25) is 0 Å². The van der Waals surface area contributed by atoms with E-state index in [4.69, 9.17) is 5.73 Å². The monoisotopic (exact) mass is 138 g/mol. The van der Waals surface area contributed by atoms with Crippen LogP contribution in [-0.2, 0) is 6.42 Å². The van der Waals surface area contributed by atoms with Crippen LogP contribution in [0.5, 0.6) is 0 Å². The van der Waals surface area contributed by atoms with Crippen LogP contribution in [-0.4, -0.2) is 15.2 Å². The second-order valence-corrected chi connectivity index (χ2v) is 2.06. The molecule has 2 N–H and O–H groups in total. The zero-order chi connectivity index (χ0) is 7.40. The van der Waals surface area contributed by atoms with Gasteiger partial charge in [-0.2, -0.15) is 5.10 Å². The summed E-state index contributed by atoms with van der Waals surface area (Å²) in [6.07, 6.45) is 3.61. The molecule has 0 atom stereocenters. The molecule has 0 aliphatic heterocycles. The highest BCUT2D eigenvalue weighted by molar-refractivity contribution is 5.13. The zero-order valence-electron chi connectivity index (χ0n) is 5.91. The molecular formula is C6H10N4. The number of nitrogens with zero attached hydrogens (tertiary/aromatic N) is 3. The molecule has 0 fully saturated rings. The van der Waals surface area contributed by atoms with Crippen LogP contribution in [0, 0.1) is 0 Å². The summed E-state index contributed by atoms with van der Waals surface area (Å²) >= 11 is 0. The summed E-state index contributed by atoms with van der Waals surface area (Å²) in [5.74, 6) is 0.256. The van der Waals surface area contributed by atoms with Gasteiger partial charge in [0.25, 0.3) is 0 Å². The van der Waals surface area contributed by atoms with Crippen molar-refractivity contribution in [1.29, 1.82) is 0 Å². The summed E-state index contributed by atoms with van der Waals surface area (Å²) in [5.41, 5.74) is 6.22. The zero-order valence-corrected chi connectivity index (χ0v) is 5.91. The predicted octanol–water partition coefficient (Wildman–Crippen LogP) is 0.406. The van der Waals surface area contributed by atoms with Crippen molar-refractivity contribution in [2.45, 2.75) is 19.8 Å². The van der Waals surface area contributed by atoms with E-state index in [0.29, 0.717) is 0 Å². The highest BCUT2D eigenvalue weighted by Crippen LogP contribution is 1.96. The molecule has 54 valence electrons. The van der Waals surface area contributed by atoms with Crippen molar-refractivity contribution in [3.63, 3.8) is 0 Å². The molecule has 0 bridgehead atoms. The Balaban J connectivity index is 2.75. The van der Waals surface area contributed by atoms with E-state index in [1.54, 1.807) is 6.20 Å². The largest absolute Gasteiger partial charge is 0.366 e. The fourth-order valence-electron chi connectivity index (χ4n) is 0.730.